The summed E-state index contributed by atoms with van der Waals surface area (Å²) in [5.41, 5.74) is -1.83. The largest absolute Gasteiger partial charge is 0.457 e. The Labute approximate surface area is 284 Å². The second-order valence-electron chi connectivity index (χ2n) is 18.4. The predicted molar refractivity (Wildman–Crippen MR) is 172 cm³/mol. The lowest BCUT2D eigenvalue weighted by Crippen LogP contribution is -2.61. The molecule has 7 rings (SSSR count). The van der Waals surface area contributed by atoms with E-state index in [2.05, 4.69) is 40.7 Å². The Morgan fingerprint density at radius 1 is 1.06 bits per heavy atom. The molecule has 6 N–H and O–H groups in total. The maximum absolute atomic E-state index is 12.6. The summed E-state index contributed by atoms with van der Waals surface area (Å²) in [5.74, 6) is -2.63. The molecule has 5 aliphatic carbocycles. The molecule has 2 aliphatic heterocycles. The van der Waals surface area contributed by atoms with E-state index >= 15 is 0 Å². The lowest BCUT2D eigenvalue weighted by atomic mass is 9.44. The summed E-state index contributed by atoms with van der Waals surface area (Å²) in [6, 6.07) is 0. The summed E-state index contributed by atoms with van der Waals surface area (Å²) in [7, 11) is 0. The first-order chi connectivity index (χ1) is 22.1. The number of allylic oxidation sites excluding steroid dienone is 1. The van der Waals surface area contributed by atoms with Crippen LogP contribution in [0.15, 0.2) is 11.6 Å². The topological polar surface area (TPSA) is 175 Å². The maximum atomic E-state index is 12.6. The van der Waals surface area contributed by atoms with Crippen molar-refractivity contribution in [3.63, 3.8) is 0 Å². The maximum Gasteiger partial charge on any atom is 0.303 e. The average Bonchev–Trinajstić information content (AvgIpc) is 3.62. The van der Waals surface area contributed by atoms with Gasteiger partial charge in [0.25, 0.3) is 0 Å². The number of ether oxygens (including phenoxy) is 4. The van der Waals surface area contributed by atoms with Crippen LogP contribution in [0.2, 0.25) is 0 Å². The molecule has 7 aliphatic rings. The molecule has 0 radical (unpaired) electrons. The highest BCUT2D eigenvalue weighted by atomic mass is 16.7. The molecule has 0 bridgehead atoms. The molecule has 2 spiro atoms. The number of fused-ring (bicyclic) bond motifs is 4. The Balaban J connectivity index is 1.20. The van der Waals surface area contributed by atoms with Gasteiger partial charge in [-0.2, -0.15) is 0 Å². The van der Waals surface area contributed by atoms with Crippen LogP contribution in [0.25, 0.3) is 0 Å². The second-order valence-corrected chi connectivity index (χ2v) is 18.4. The van der Waals surface area contributed by atoms with Crippen LogP contribution < -0.4 is 0 Å². The van der Waals surface area contributed by atoms with E-state index in [0.717, 1.165) is 38.5 Å². The zero-order valence-electron chi connectivity index (χ0n) is 29.8. The molecule has 4 saturated carbocycles. The third kappa shape index (κ3) is 4.35. The monoisotopic (exact) mass is 678 g/mol. The van der Waals surface area contributed by atoms with Gasteiger partial charge >= 0.3 is 5.97 Å². The summed E-state index contributed by atoms with van der Waals surface area (Å²) in [5, 5.41) is 66.9. The van der Waals surface area contributed by atoms with Crippen LogP contribution in [0, 0.1) is 44.8 Å². The summed E-state index contributed by atoms with van der Waals surface area (Å²) in [6.45, 7) is 15.2. The van der Waals surface area contributed by atoms with Crippen LogP contribution in [0.4, 0.5) is 0 Å². The first-order valence-electron chi connectivity index (χ1n) is 18.1. The first kappa shape index (κ1) is 35.3. The molecule has 0 aromatic carbocycles. The fourth-order valence-corrected chi connectivity index (χ4v) is 13.0. The van der Waals surface area contributed by atoms with Crippen LogP contribution >= 0.6 is 0 Å². The van der Waals surface area contributed by atoms with E-state index in [9.17, 15) is 35.4 Å². The molecular weight excluding hydrogens is 620 g/mol. The number of rotatable bonds is 5. The number of carbonyl (C=O) groups is 1. The van der Waals surface area contributed by atoms with Gasteiger partial charge in [-0.3, -0.25) is 4.79 Å². The van der Waals surface area contributed by atoms with Crippen molar-refractivity contribution in [2.45, 2.75) is 161 Å². The second kappa shape index (κ2) is 10.7. The van der Waals surface area contributed by atoms with Gasteiger partial charge in [-0.05, 0) is 92.3 Å². The molecule has 6 unspecified atom stereocenters. The van der Waals surface area contributed by atoms with Gasteiger partial charge in [0.05, 0.1) is 18.3 Å². The van der Waals surface area contributed by atoms with Gasteiger partial charge in [0.15, 0.2) is 18.2 Å². The molecule has 272 valence electrons. The van der Waals surface area contributed by atoms with Gasteiger partial charge in [0.2, 0.25) is 0 Å². The van der Waals surface area contributed by atoms with E-state index in [4.69, 9.17) is 18.9 Å². The fraction of sp³-hybridized carbons (Fsp3) is 0.919. The van der Waals surface area contributed by atoms with Crippen molar-refractivity contribution in [3.8, 4) is 0 Å². The van der Waals surface area contributed by atoms with Crippen molar-refractivity contribution >= 4 is 5.97 Å². The third-order valence-corrected chi connectivity index (χ3v) is 15.2. The molecule has 0 aromatic heterocycles. The highest BCUT2D eigenvalue weighted by Crippen LogP contribution is 2.88. The average molecular weight is 679 g/mol. The third-order valence-electron chi connectivity index (χ3n) is 15.2. The van der Waals surface area contributed by atoms with E-state index in [0.29, 0.717) is 6.42 Å². The van der Waals surface area contributed by atoms with Gasteiger partial charge in [0, 0.05) is 18.3 Å². The molecule has 0 aromatic rings. The summed E-state index contributed by atoms with van der Waals surface area (Å²) >= 11 is 0. The zero-order valence-corrected chi connectivity index (χ0v) is 29.8. The van der Waals surface area contributed by atoms with Crippen LogP contribution in [-0.2, 0) is 23.7 Å². The van der Waals surface area contributed by atoms with E-state index < -0.39 is 71.1 Å². The molecular formula is C37H58O11. The predicted octanol–water partition coefficient (Wildman–Crippen LogP) is 2.57. The van der Waals surface area contributed by atoms with Crippen molar-refractivity contribution in [1.29, 1.82) is 0 Å². The number of hydrogen-bond acceptors (Lipinski definition) is 11. The summed E-state index contributed by atoms with van der Waals surface area (Å²) in [4.78, 5) is 12.1. The summed E-state index contributed by atoms with van der Waals surface area (Å²) < 4.78 is 24.2. The minimum absolute atomic E-state index is 0.0129. The molecule has 11 heteroatoms. The van der Waals surface area contributed by atoms with E-state index in [-0.39, 0.29) is 46.7 Å². The fourth-order valence-electron chi connectivity index (χ4n) is 13.0. The van der Waals surface area contributed by atoms with Gasteiger partial charge in [-0.1, -0.05) is 46.3 Å². The number of esters is 1. The number of aliphatic hydroxyl groups excluding tert-OH is 4. The Morgan fingerprint density at radius 2 is 1.75 bits per heavy atom. The van der Waals surface area contributed by atoms with E-state index in [1.165, 1.54) is 12.5 Å². The highest BCUT2D eigenvalue weighted by molar-refractivity contribution is 5.66. The van der Waals surface area contributed by atoms with E-state index in [1.54, 1.807) is 13.8 Å². The standard InChI is InChI=1S/C37H58O11/c1-18-15-21(28(32(5,6)43)46-19(2)38)48-37(44)27(18)33(7)13-14-36-17-35(36)12-11-24(47-29-26(41)25(40)20(39)16-45-29)31(3,4)22(35)9-10-23(36)34(33,8)30(37)42/h10,18,20-22,24-30,39-44H,9,11-17H2,1-8H3/t18-,20+,21?,22?,24+,25+,26-,27?,28?,29+,30?,33-,34-,35-,36+,37?/m1/s1. The van der Waals surface area contributed by atoms with Gasteiger partial charge in [-0.25, -0.2) is 0 Å². The van der Waals surface area contributed by atoms with Crippen LogP contribution in [0.3, 0.4) is 0 Å². The van der Waals surface area contributed by atoms with Gasteiger partial charge < -0.3 is 49.6 Å². The molecule has 16 atom stereocenters. The molecule has 2 heterocycles. The van der Waals surface area contributed by atoms with Crippen molar-refractivity contribution in [2.75, 3.05) is 6.61 Å². The zero-order chi connectivity index (χ0) is 35.2. The molecule has 2 saturated heterocycles. The van der Waals surface area contributed by atoms with Crippen LogP contribution in [0.1, 0.15) is 100 Å². The van der Waals surface area contributed by atoms with Crippen molar-refractivity contribution in [1.82, 2.24) is 0 Å². The lowest BCUT2D eigenvalue weighted by Gasteiger charge is -2.60. The molecule has 6 fully saturated rings. The Kier molecular flexibility index (Phi) is 7.86. The quantitative estimate of drug-likeness (QED) is 0.186. The van der Waals surface area contributed by atoms with E-state index in [1.807, 2.05) is 0 Å². The molecule has 48 heavy (non-hydrogen) atoms. The lowest BCUT2D eigenvalue weighted by molar-refractivity contribution is -0.341. The SMILES string of the molecule is CC(=O)OC(C1C[C@@H](C)C2C(O)(O1)C(O)[C@@]1(C)C3=CCC4C(C)(C)[C@@H](O[C@@H]5OC[C@H](O)[C@H](O)[C@H]5O)CC[C@@]45C[C@@]35CC[C@]21C)C(C)(C)O. The minimum atomic E-state index is -1.90. The highest BCUT2D eigenvalue weighted by Gasteiger charge is 2.85. The van der Waals surface area contributed by atoms with Crippen LogP contribution in [0.5, 0.6) is 0 Å². The van der Waals surface area contributed by atoms with Gasteiger partial charge in [-0.15, -0.1) is 0 Å². The smallest absolute Gasteiger partial charge is 0.303 e. The normalized spacial score (nSPS) is 54.4. The van der Waals surface area contributed by atoms with Gasteiger partial charge in [0.1, 0.15) is 30.5 Å². The van der Waals surface area contributed by atoms with Crippen LogP contribution in [-0.4, -0.2) is 104 Å². The Bertz CT molecular complexity index is 1360. The van der Waals surface area contributed by atoms with Crippen molar-refractivity contribution < 1.29 is 54.4 Å². The molecule has 0 amide bonds. The molecule has 11 nitrogen and oxygen atoms in total. The minimum Gasteiger partial charge on any atom is -0.457 e. The Hall–Kier alpha value is -1.15. The van der Waals surface area contributed by atoms with Crippen molar-refractivity contribution in [2.24, 2.45) is 44.8 Å². The first-order valence-corrected chi connectivity index (χ1v) is 18.1. The Morgan fingerprint density at radius 3 is 2.40 bits per heavy atom. The summed E-state index contributed by atoms with van der Waals surface area (Å²) in [6.07, 6.45) is -0.0661. The number of carbonyl (C=O) groups excluding carboxylic acids is 1. The number of aliphatic hydroxyl groups is 6. The van der Waals surface area contributed by atoms with Crippen molar-refractivity contribution in [3.05, 3.63) is 11.6 Å². The number of hydrogen-bond donors (Lipinski definition) is 6.